The van der Waals surface area contributed by atoms with E-state index in [4.69, 9.17) is 5.11 Å². The van der Waals surface area contributed by atoms with Gasteiger partial charge in [-0.25, -0.2) is 0 Å². The van der Waals surface area contributed by atoms with Crippen LogP contribution in [0.3, 0.4) is 0 Å². The van der Waals surface area contributed by atoms with Gasteiger partial charge in [-0.15, -0.1) is 6.58 Å². The molecule has 0 aromatic heterocycles. The standard InChI is InChI=1S/C9H16O2/c1-4-8(5-7(2)3)6-9(10)11/h4,7-8H,1,5-6H2,2-3H3,(H,10,11). The summed E-state index contributed by atoms with van der Waals surface area (Å²) < 4.78 is 0. The quantitative estimate of drug-likeness (QED) is 0.620. The number of rotatable bonds is 5. The van der Waals surface area contributed by atoms with E-state index in [9.17, 15) is 4.79 Å². The second-order valence-electron chi connectivity index (χ2n) is 3.22. The maximum absolute atomic E-state index is 10.3. The number of hydrogen-bond donors (Lipinski definition) is 1. The molecular weight excluding hydrogens is 140 g/mol. The number of carboxylic acids is 1. The van der Waals surface area contributed by atoms with Gasteiger partial charge in [0.15, 0.2) is 0 Å². The van der Waals surface area contributed by atoms with Gasteiger partial charge in [0.25, 0.3) is 0 Å². The van der Waals surface area contributed by atoms with Crippen molar-refractivity contribution in [2.24, 2.45) is 11.8 Å². The third kappa shape index (κ3) is 5.64. The van der Waals surface area contributed by atoms with Crippen LogP contribution in [0, 0.1) is 11.8 Å². The largest absolute Gasteiger partial charge is 0.481 e. The molecule has 0 aliphatic heterocycles. The Bertz CT molecular complexity index is 138. The first-order chi connectivity index (χ1) is 5.06. The van der Waals surface area contributed by atoms with Crippen molar-refractivity contribution in [3.8, 4) is 0 Å². The zero-order valence-corrected chi connectivity index (χ0v) is 7.21. The highest BCUT2D eigenvalue weighted by atomic mass is 16.4. The Morgan fingerprint density at radius 1 is 1.64 bits per heavy atom. The lowest BCUT2D eigenvalue weighted by molar-refractivity contribution is -0.137. The first kappa shape index (κ1) is 10.2. The minimum Gasteiger partial charge on any atom is -0.481 e. The van der Waals surface area contributed by atoms with Crippen molar-refractivity contribution in [3.63, 3.8) is 0 Å². The van der Waals surface area contributed by atoms with E-state index in [0.717, 1.165) is 6.42 Å². The Morgan fingerprint density at radius 3 is 2.45 bits per heavy atom. The molecule has 0 aromatic rings. The number of carbonyl (C=O) groups is 1. The Labute approximate surface area is 67.9 Å². The summed E-state index contributed by atoms with van der Waals surface area (Å²) in [7, 11) is 0. The molecule has 0 saturated heterocycles. The second-order valence-corrected chi connectivity index (χ2v) is 3.22. The maximum atomic E-state index is 10.3. The molecule has 1 unspecified atom stereocenters. The highest BCUT2D eigenvalue weighted by Crippen LogP contribution is 2.15. The lowest BCUT2D eigenvalue weighted by Crippen LogP contribution is -2.07. The van der Waals surface area contributed by atoms with Gasteiger partial charge in [0.1, 0.15) is 0 Å². The summed E-state index contributed by atoms with van der Waals surface area (Å²) >= 11 is 0. The Kier molecular flexibility index (Phi) is 4.59. The summed E-state index contributed by atoms with van der Waals surface area (Å²) in [5, 5.41) is 8.48. The van der Waals surface area contributed by atoms with Gasteiger partial charge in [-0.3, -0.25) is 4.79 Å². The normalized spacial score (nSPS) is 13.0. The van der Waals surface area contributed by atoms with E-state index in [1.54, 1.807) is 6.08 Å². The van der Waals surface area contributed by atoms with Crippen molar-refractivity contribution in [1.29, 1.82) is 0 Å². The van der Waals surface area contributed by atoms with Gasteiger partial charge >= 0.3 is 5.97 Å². The summed E-state index contributed by atoms with van der Waals surface area (Å²) in [6, 6.07) is 0. The third-order valence-corrected chi connectivity index (χ3v) is 1.54. The van der Waals surface area contributed by atoms with Gasteiger partial charge in [-0.05, 0) is 18.3 Å². The predicted molar refractivity (Wildman–Crippen MR) is 45.4 cm³/mol. The molecule has 0 aliphatic carbocycles. The SMILES string of the molecule is C=CC(CC(=O)O)CC(C)C. The number of aliphatic carboxylic acids is 1. The molecule has 64 valence electrons. The molecule has 0 fully saturated rings. The fourth-order valence-electron chi connectivity index (χ4n) is 1.09. The van der Waals surface area contributed by atoms with Gasteiger partial charge in [0.2, 0.25) is 0 Å². The lowest BCUT2D eigenvalue weighted by atomic mass is 9.94. The highest BCUT2D eigenvalue weighted by Gasteiger charge is 2.10. The van der Waals surface area contributed by atoms with Crippen LogP contribution in [0.5, 0.6) is 0 Å². The van der Waals surface area contributed by atoms with Crippen molar-refractivity contribution < 1.29 is 9.90 Å². The van der Waals surface area contributed by atoms with Crippen molar-refractivity contribution in [2.75, 3.05) is 0 Å². The molecule has 11 heavy (non-hydrogen) atoms. The van der Waals surface area contributed by atoms with Crippen molar-refractivity contribution in [1.82, 2.24) is 0 Å². The van der Waals surface area contributed by atoms with Crippen LogP contribution in [0.25, 0.3) is 0 Å². The second kappa shape index (κ2) is 4.94. The van der Waals surface area contributed by atoms with E-state index < -0.39 is 5.97 Å². The van der Waals surface area contributed by atoms with Crippen molar-refractivity contribution >= 4 is 5.97 Å². The van der Waals surface area contributed by atoms with Gasteiger partial charge < -0.3 is 5.11 Å². The van der Waals surface area contributed by atoms with Crippen molar-refractivity contribution in [3.05, 3.63) is 12.7 Å². The molecule has 1 N–H and O–H groups in total. The minimum atomic E-state index is -0.740. The molecule has 0 spiro atoms. The summed E-state index contributed by atoms with van der Waals surface area (Å²) in [5.41, 5.74) is 0. The maximum Gasteiger partial charge on any atom is 0.303 e. The summed E-state index contributed by atoms with van der Waals surface area (Å²) in [6.45, 7) is 7.77. The third-order valence-electron chi connectivity index (χ3n) is 1.54. The molecule has 2 nitrogen and oxygen atoms in total. The van der Waals surface area contributed by atoms with Gasteiger partial charge in [-0.1, -0.05) is 19.9 Å². The number of hydrogen-bond acceptors (Lipinski definition) is 1. The monoisotopic (exact) mass is 156 g/mol. The average molecular weight is 156 g/mol. The average Bonchev–Trinajstić information content (AvgIpc) is 1.84. The Hall–Kier alpha value is -0.790. The first-order valence-electron chi connectivity index (χ1n) is 3.90. The molecule has 0 aliphatic rings. The number of carboxylic acid groups (broad SMARTS) is 1. The Balaban J connectivity index is 3.76. The van der Waals surface area contributed by atoms with Gasteiger partial charge in [0, 0.05) is 0 Å². The lowest BCUT2D eigenvalue weighted by Gasteiger charge is -2.11. The number of allylic oxidation sites excluding steroid dienone is 1. The van der Waals surface area contributed by atoms with Crippen LogP contribution >= 0.6 is 0 Å². The molecule has 0 rings (SSSR count). The molecular formula is C9H16O2. The van der Waals surface area contributed by atoms with Crippen LogP contribution in [0.2, 0.25) is 0 Å². The molecule has 0 aromatic carbocycles. The van der Waals surface area contributed by atoms with E-state index >= 15 is 0 Å². The van der Waals surface area contributed by atoms with Gasteiger partial charge in [-0.2, -0.15) is 0 Å². The Morgan fingerprint density at radius 2 is 2.18 bits per heavy atom. The highest BCUT2D eigenvalue weighted by molar-refractivity contribution is 5.67. The van der Waals surface area contributed by atoms with Crippen LogP contribution in [-0.4, -0.2) is 11.1 Å². The fourth-order valence-corrected chi connectivity index (χ4v) is 1.09. The van der Waals surface area contributed by atoms with Gasteiger partial charge in [0.05, 0.1) is 6.42 Å². The van der Waals surface area contributed by atoms with E-state index in [-0.39, 0.29) is 12.3 Å². The molecule has 1 atom stereocenters. The van der Waals surface area contributed by atoms with Crippen LogP contribution in [0.4, 0.5) is 0 Å². The summed E-state index contributed by atoms with van der Waals surface area (Å²) in [4.78, 5) is 10.3. The zero-order valence-electron chi connectivity index (χ0n) is 7.21. The molecule has 2 heteroatoms. The van der Waals surface area contributed by atoms with Crippen LogP contribution in [0.1, 0.15) is 26.7 Å². The van der Waals surface area contributed by atoms with Crippen LogP contribution < -0.4 is 0 Å². The molecule has 0 amide bonds. The fraction of sp³-hybridized carbons (Fsp3) is 0.667. The predicted octanol–water partition coefficient (Wildman–Crippen LogP) is 2.31. The van der Waals surface area contributed by atoms with E-state index in [2.05, 4.69) is 20.4 Å². The smallest absolute Gasteiger partial charge is 0.303 e. The van der Waals surface area contributed by atoms with Crippen LogP contribution in [0.15, 0.2) is 12.7 Å². The molecule has 0 heterocycles. The summed E-state index contributed by atoms with van der Waals surface area (Å²) in [5.74, 6) is -0.0691. The topological polar surface area (TPSA) is 37.3 Å². The minimum absolute atomic E-state index is 0.132. The van der Waals surface area contributed by atoms with Crippen LogP contribution in [-0.2, 0) is 4.79 Å². The molecule has 0 radical (unpaired) electrons. The van der Waals surface area contributed by atoms with E-state index in [0.29, 0.717) is 5.92 Å². The van der Waals surface area contributed by atoms with E-state index in [1.807, 2.05) is 0 Å². The summed E-state index contributed by atoms with van der Waals surface area (Å²) in [6.07, 6.45) is 2.85. The molecule has 0 bridgehead atoms. The first-order valence-corrected chi connectivity index (χ1v) is 3.90. The van der Waals surface area contributed by atoms with E-state index in [1.165, 1.54) is 0 Å². The molecule has 0 saturated carbocycles. The van der Waals surface area contributed by atoms with Crippen molar-refractivity contribution in [2.45, 2.75) is 26.7 Å². The zero-order chi connectivity index (χ0) is 8.85.